The second kappa shape index (κ2) is 9.72. The topological polar surface area (TPSA) is 113 Å². The van der Waals surface area contributed by atoms with Crippen LogP contribution in [0.5, 0.6) is 0 Å². The van der Waals surface area contributed by atoms with Crippen LogP contribution in [0.3, 0.4) is 0 Å². The van der Waals surface area contributed by atoms with E-state index in [0.717, 1.165) is 16.7 Å². The summed E-state index contributed by atoms with van der Waals surface area (Å²) in [6.07, 6.45) is 0. The number of aromatic nitrogens is 1. The van der Waals surface area contributed by atoms with Gasteiger partial charge in [-0.2, -0.15) is 0 Å². The van der Waals surface area contributed by atoms with Gasteiger partial charge in [0.2, 0.25) is 11.8 Å². The summed E-state index contributed by atoms with van der Waals surface area (Å²) in [5.74, 6) is -1.60. The van der Waals surface area contributed by atoms with Gasteiger partial charge >= 0.3 is 5.97 Å². The van der Waals surface area contributed by atoms with Gasteiger partial charge in [-0.25, -0.2) is 4.39 Å². The van der Waals surface area contributed by atoms with Crippen LogP contribution in [0.4, 0.5) is 10.2 Å². The molecule has 2 rings (SSSR count). The maximum atomic E-state index is 13.0. The van der Waals surface area contributed by atoms with Gasteiger partial charge in [0.25, 0.3) is 0 Å². The minimum Gasteiger partial charge on any atom is -0.480 e. The normalized spacial score (nSPS) is 10.4. The fraction of sp³-hybridized carbons (Fsp3) is 0.294. The number of anilines is 1. The fourth-order valence-corrected chi connectivity index (χ4v) is 2.85. The highest BCUT2D eigenvalue weighted by atomic mass is 32.2. The molecule has 0 aliphatic rings. The lowest BCUT2D eigenvalue weighted by Crippen LogP contribution is -2.36. The maximum Gasteiger partial charge on any atom is 0.323 e. The number of carbonyl (C=O) groups is 3. The number of hydrogen-bond acceptors (Lipinski definition) is 6. The van der Waals surface area contributed by atoms with E-state index in [9.17, 15) is 18.8 Å². The van der Waals surface area contributed by atoms with Gasteiger partial charge < -0.3 is 19.8 Å². The number of nitrogens with one attached hydrogen (secondary N) is 1. The monoisotopic (exact) mass is 395 g/mol. The van der Waals surface area contributed by atoms with Crippen LogP contribution >= 0.6 is 11.8 Å². The number of thioether (sulfide) groups is 1. The SMILES string of the molecule is Cc1cc(NC(=O)CSCC(=O)N(CC(=O)O)Cc2ccc(F)cc2)no1. The number of hydrogen-bond donors (Lipinski definition) is 2. The molecule has 0 bridgehead atoms. The number of aryl methyl sites for hydroxylation is 1. The van der Waals surface area contributed by atoms with E-state index in [1.807, 2.05) is 0 Å². The van der Waals surface area contributed by atoms with Crippen molar-refractivity contribution in [2.45, 2.75) is 13.5 Å². The molecule has 0 unspecified atom stereocenters. The Hall–Kier alpha value is -2.88. The van der Waals surface area contributed by atoms with Crippen molar-refractivity contribution in [1.29, 1.82) is 0 Å². The molecule has 0 aliphatic carbocycles. The summed E-state index contributed by atoms with van der Waals surface area (Å²) in [4.78, 5) is 36.3. The number of carbonyl (C=O) groups excluding carboxylic acids is 2. The smallest absolute Gasteiger partial charge is 0.323 e. The Bertz CT molecular complexity index is 809. The standard InChI is InChI=1S/C17H18FN3O5S/c1-11-6-14(20-26-11)19-15(22)9-27-10-16(23)21(8-17(24)25)7-12-2-4-13(18)5-3-12/h2-6H,7-10H2,1H3,(H,24,25)(H,19,20,22). The summed E-state index contributed by atoms with van der Waals surface area (Å²) in [5, 5.41) is 15.1. The second-order valence-corrected chi connectivity index (χ2v) is 6.62. The lowest BCUT2D eigenvalue weighted by molar-refractivity contribution is -0.143. The molecule has 27 heavy (non-hydrogen) atoms. The van der Waals surface area contributed by atoms with Crippen LogP contribution in [0.15, 0.2) is 34.9 Å². The quantitative estimate of drug-likeness (QED) is 0.667. The molecule has 1 aromatic heterocycles. The summed E-state index contributed by atoms with van der Waals surface area (Å²) in [6, 6.07) is 7.01. The van der Waals surface area contributed by atoms with Gasteiger partial charge in [0.05, 0.1) is 11.5 Å². The van der Waals surface area contributed by atoms with Gasteiger partial charge in [-0.15, -0.1) is 11.8 Å². The van der Waals surface area contributed by atoms with Crippen LogP contribution in [0.1, 0.15) is 11.3 Å². The van der Waals surface area contributed by atoms with Crippen molar-refractivity contribution in [3.8, 4) is 0 Å². The number of carboxylic acids is 1. The summed E-state index contributed by atoms with van der Waals surface area (Å²) in [7, 11) is 0. The average molecular weight is 395 g/mol. The highest BCUT2D eigenvalue weighted by Crippen LogP contribution is 2.11. The van der Waals surface area contributed by atoms with Gasteiger partial charge in [-0.3, -0.25) is 14.4 Å². The first-order valence-corrected chi connectivity index (χ1v) is 9.04. The molecule has 0 aliphatic heterocycles. The lowest BCUT2D eigenvalue weighted by atomic mass is 10.2. The average Bonchev–Trinajstić information content (AvgIpc) is 3.00. The first-order chi connectivity index (χ1) is 12.8. The molecule has 2 aromatic rings. The van der Waals surface area contributed by atoms with E-state index in [1.54, 1.807) is 13.0 Å². The first-order valence-electron chi connectivity index (χ1n) is 7.88. The van der Waals surface area contributed by atoms with Gasteiger partial charge in [-0.05, 0) is 24.6 Å². The summed E-state index contributed by atoms with van der Waals surface area (Å²) in [5.41, 5.74) is 0.607. The molecule has 8 nitrogen and oxygen atoms in total. The molecule has 0 saturated heterocycles. The van der Waals surface area contributed by atoms with E-state index in [0.29, 0.717) is 11.3 Å². The van der Waals surface area contributed by atoms with E-state index < -0.39 is 24.2 Å². The predicted octanol–water partition coefficient (Wildman–Crippen LogP) is 1.91. The summed E-state index contributed by atoms with van der Waals surface area (Å²) in [6.45, 7) is 1.24. The number of aliphatic carboxylic acids is 1. The van der Waals surface area contributed by atoms with E-state index in [-0.39, 0.29) is 29.8 Å². The summed E-state index contributed by atoms with van der Waals surface area (Å²) >= 11 is 1.05. The van der Waals surface area contributed by atoms with Crippen LogP contribution in [0.25, 0.3) is 0 Å². The molecular weight excluding hydrogens is 377 g/mol. The molecule has 2 amide bonds. The summed E-state index contributed by atoms with van der Waals surface area (Å²) < 4.78 is 17.8. The zero-order valence-corrected chi connectivity index (χ0v) is 15.3. The van der Waals surface area contributed by atoms with E-state index in [2.05, 4.69) is 10.5 Å². The zero-order chi connectivity index (χ0) is 19.8. The van der Waals surface area contributed by atoms with Crippen LogP contribution < -0.4 is 5.32 Å². The third kappa shape index (κ3) is 7.10. The van der Waals surface area contributed by atoms with Crippen LogP contribution in [-0.4, -0.2) is 51.0 Å². The van der Waals surface area contributed by atoms with Crippen molar-refractivity contribution in [2.24, 2.45) is 0 Å². The van der Waals surface area contributed by atoms with E-state index >= 15 is 0 Å². The molecule has 10 heteroatoms. The number of nitrogens with zero attached hydrogens (tertiary/aromatic N) is 2. The third-order valence-corrected chi connectivity index (χ3v) is 4.24. The Morgan fingerprint density at radius 1 is 1.26 bits per heavy atom. The first kappa shape index (κ1) is 20.4. The van der Waals surface area contributed by atoms with E-state index in [1.165, 1.54) is 24.3 Å². The minimum atomic E-state index is -1.16. The van der Waals surface area contributed by atoms with Crippen molar-refractivity contribution < 1.29 is 28.4 Å². The van der Waals surface area contributed by atoms with Gasteiger partial charge in [0.1, 0.15) is 18.1 Å². The highest BCUT2D eigenvalue weighted by molar-refractivity contribution is 8.00. The van der Waals surface area contributed by atoms with Crippen LogP contribution in [-0.2, 0) is 20.9 Å². The zero-order valence-electron chi connectivity index (χ0n) is 14.5. The molecule has 0 atom stereocenters. The largest absolute Gasteiger partial charge is 0.480 e. The van der Waals surface area contributed by atoms with Crippen molar-refractivity contribution in [3.05, 3.63) is 47.5 Å². The molecule has 1 heterocycles. The molecule has 0 saturated carbocycles. The van der Waals surface area contributed by atoms with Crippen LogP contribution in [0, 0.1) is 12.7 Å². The van der Waals surface area contributed by atoms with Gasteiger partial charge in [0.15, 0.2) is 5.82 Å². The van der Waals surface area contributed by atoms with Gasteiger partial charge in [-0.1, -0.05) is 17.3 Å². The molecule has 1 aromatic carbocycles. The minimum absolute atomic E-state index is 0.00485. The Morgan fingerprint density at radius 2 is 1.96 bits per heavy atom. The molecule has 0 fully saturated rings. The van der Waals surface area contributed by atoms with Crippen molar-refractivity contribution in [1.82, 2.24) is 10.1 Å². The molecule has 2 N–H and O–H groups in total. The van der Waals surface area contributed by atoms with E-state index in [4.69, 9.17) is 9.63 Å². The Balaban J connectivity index is 1.84. The van der Waals surface area contributed by atoms with Crippen molar-refractivity contribution in [3.63, 3.8) is 0 Å². The van der Waals surface area contributed by atoms with Crippen molar-refractivity contribution >= 4 is 35.4 Å². The number of amides is 2. The Morgan fingerprint density at radius 3 is 2.56 bits per heavy atom. The van der Waals surface area contributed by atoms with Crippen LogP contribution in [0.2, 0.25) is 0 Å². The number of rotatable bonds is 9. The molecular formula is C17H18FN3O5S. The third-order valence-electron chi connectivity index (χ3n) is 3.32. The number of benzene rings is 1. The van der Waals surface area contributed by atoms with Crippen molar-refractivity contribution in [2.75, 3.05) is 23.4 Å². The molecule has 0 spiro atoms. The Kier molecular flexibility index (Phi) is 7.35. The van der Waals surface area contributed by atoms with Gasteiger partial charge in [0, 0.05) is 12.6 Å². The molecule has 0 radical (unpaired) electrons. The molecule has 144 valence electrons. The lowest BCUT2D eigenvalue weighted by Gasteiger charge is -2.20. The number of halogens is 1. The Labute approximate surface area is 158 Å². The fourth-order valence-electron chi connectivity index (χ4n) is 2.13. The second-order valence-electron chi connectivity index (χ2n) is 5.63. The predicted molar refractivity (Wildman–Crippen MR) is 96.6 cm³/mol. The number of carboxylic acid groups (broad SMARTS) is 1. The maximum absolute atomic E-state index is 13.0. The highest BCUT2D eigenvalue weighted by Gasteiger charge is 2.18.